The Morgan fingerprint density at radius 2 is 2.23 bits per heavy atom. The van der Waals surface area contributed by atoms with E-state index in [1.807, 2.05) is 6.08 Å². The van der Waals surface area contributed by atoms with Crippen LogP contribution in [-0.4, -0.2) is 17.4 Å². The highest BCUT2D eigenvalue weighted by molar-refractivity contribution is 5.56. The topological polar surface area (TPSA) is 46.5 Å². The molecule has 0 radical (unpaired) electrons. The van der Waals surface area contributed by atoms with E-state index in [0.717, 1.165) is 32.1 Å². The van der Waals surface area contributed by atoms with E-state index in [1.165, 1.54) is 0 Å². The average molecular weight is 186 g/mol. The summed E-state index contributed by atoms with van der Waals surface area (Å²) in [5.74, 6) is 0. The molecule has 0 heterocycles. The molecule has 76 valence electrons. The zero-order valence-corrected chi connectivity index (χ0v) is 8.16. The van der Waals surface area contributed by atoms with Crippen molar-refractivity contribution in [2.45, 2.75) is 45.1 Å². The Kier molecular flexibility index (Phi) is 7.07. The lowest BCUT2D eigenvalue weighted by Gasteiger charge is -2.09. The van der Waals surface area contributed by atoms with E-state index in [2.05, 4.69) is 11.3 Å². The first-order valence-electron chi connectivity index (χ1n) is 4.67. The molecule has 0 rings (SSSR count). The molecule has 0 aliphatic heterocycles. The smallest absolute Gasteiger partial charge is 0.450 e. The molecule has 1 atom stereocenters. The third kappa shape index (κ3) is 8.92. The van der Waals surface area contributed by atoms with Gasteiger partial charge in [-0.3, -0.25) is 0 Å². The van der Waals surface area contributed by atoms with Crippen LogP contribution in [0.5, 0.6) is 0 Å². The summed E-state index contributed by atoms with van der Waals surface area (Å²) < 4.78 is 4.55. The zero-order chi connectivity index (χ0) is 10.1. The molecule has 13 heavy (non-hydrogen) atoms. The fourth-order valence-electron chi connectivity index (χ4n) is 1.13. The maximum atomic E-state index is 10.1. The molecule has 3 heteroatoms. The first kappa shape index (κ1) is 12.0. The molecule has 0 saturated carbocycles. The van der Waals surface area contributed by atoms with Crippen LogP contribution < -0.4 is 0 Å². The number of unbranched alkanes of at least 4 members (excludes halogenated alkanes) is 3. The second kappa shape index (κ2) is 7.65. The van der Waals surface area contributed by atoms with Crippen molar-refractivity contribution in [1.82, 2.24) is 0 Å². The van der Waals surface area contributed by atoms with E-state index in [0.29, 0.717) is 0 Å². The molecule has 0 bridgehead atoms. The average Bonchev–Trinajstić information content (AvgIpc) is 2.02. The van der Waals surface area contributed by atoms with Gasteiger partial charge < -0.3 is 9.84 Å². The first-order chi connectivity index (χ1) is 6.16. The van der Waals surface area contributed by atoms with Gasteiger partial charge in [0.25, 0.3) is 0 Å². The number of carboxylic acid groups (broad SMARTS) is 1. The van der Waals surface area contributed by atoms with E-state index in [1.54, 1.807) is 6.92 Å². The predicted molar refractivity (Wildman–Crippen MR) is 51.9 cm³/mol. The lowest BCUT2D eigenvalue weighted by molar-refractivity contribution is 0.0548. The third-order valence-electron chi connectivity index (χ3n) is 1.82. The monoisotopic (exact) mass is 186 g/mol. The minimum absolute atomic E-state index is 0.179. The summed E-state index contributed by atoms with van der Waals surface area (Å²) in [6.07, 6.45) is 5.64. The fourth-order valence-corrected chi connectivity index (χ4v) is 1.13. The maximum Gasteiger partial charge on any atom is 0.506 e. The summed E-state index contributed by atoms with van der Waals surface area (Å²) in [5.41, 5.74) is 0. The van der Waals surface area contributed by atoms with Gasteiger partial charge >= 0.3 is 6.16 Å². The molecular weight excluding hydrogens is 168 g/mol. The first-order valence-corrected chi connectivity index (χ1v) is 4.67. The van der Waals surface area contributed by atoms with Gasteiger partial charge in [-0.2, -0.15) is 0 Å². The number of hydrogen-bond donors (Lipinski definition) is 1. The van der Waals surface area contributed by atoms with Crippen LogP contribution in [0.25, 0.3) is 0 Å². The number of allylic oxidation sites excluding steroid dienone is 1. The molecule has 0 aromatic rings. The lowest BCUT2D eigenvalue weighted by Crippen LogP contribution is -2.12. The summed E-state index contributed by atoms with van der Waals surface area (Å²) >= 11 is 0. The van der Waals surface area contributed by atoms with Gasteiger partial charge in [0.05, 0.1) is 0 Å². The van der Waals surface area contributed by atoms with Crippen LogP contribution in [0.2, 0.25) is 0 Å². The highest BCUT2D eigenvalue weighted by Crippen LogP contribution is 2.08. The summed E-state index contributed by atoms with van der Waals surface area (Å²) in [4.78, 5) is 10.1. The van der Waals surface area contributed by atoms with Crippen LogP contribution in [0.1, 0.15) is 39.0 Å². The molecule has 0 aliphatic rings. The van der Waals surface area contributed by atoms with Crippen LogP contribution in [0, 0.1) is 0 Å². The van der Waals surface area contributed by atoms with Gasteiger partial charge in [-0.15, -0.1) is 6.58 Å². The van der Waals surface area contributed by atoms with Crippen molar-refractivity contribution in [1.29, 1.82) is 0 Å². The fraction of sp³-hybridized carbons (Fsp3) is 0.700. The van der Waals surface area contributed by atoms with Gasteiger partial charge in [0.2, 0.25) is 0 Å². The summed E-state index contributed by atoms with van der Waals surface area (Å²) in [6, 6.07) is 0. The third-order valence-corrected chi connectivity index (χ3v) is 1.82. The minimum Gasteiger partial charge on any atom is -0.450 e. The van der Waals surface area contributed by atoms with Crippen molar-refractivity contribution in [3.05, 3.63) is 12.7 Å². The van der Waals surface area contributed by atoms with Crippen molar-refractivity contribution >= 4 is 6.16 Å². The normalized spacial score (nSPS) is 12.1. The Labute approximate surface area is 79.4 Å². The zero-order valence-electron chi connectivity index (χ0n) is 8.16. The van der Waals surface area contributed by atoms with Crippen LogP contribution in [0.3, 0.4) is 0 Å². The number of hydrogen-bond acceptors (Lipinski definition) is 2. The van der Waals surface area contributed by atoms with Crippen molar-refractivity contribution in [2.75, 3.05) is 0 Å². The molecule has 0 aromatic carbocycles. The largest absolute Gasteiger partial charge is 0.506 e. The Hall–Kier alpha value is -0.990. The second-order valence-electron chi connectivity index (χ2n) is 3.12. The van der Waals surface area contributed by atoms with Crippen molar-refractivity contribution in [2.24, 2.45) is 0 Å². The Morgan fingerprint density at radius 3 is 2.77 bits per heavy atom. The summed E-state index contributed by atoms with van der Waals surface area (Å²) in [6.45, 7) is 5.41. The lowest BCUT2D eigenvalue weighted by atomic mass is 10.1. The number of rotatable bonds is 7. The second-order valence-corrected chi connectivity index (χ2v) is 3.12. The summed E-state index contributed by atoms with van der Waals surface area (Å²) in [5, 5.41) is 8.29. The van der Waals surface area contributed by atoms with Crippen molar-refractivity contribution in [3.63, 3.8) is 0 Å². The molecule has 3 nitrogen and oxygen atoms in total. The molecule has 0 amide bonds. The van der Waals surface area contributed by atoms with E-state index < -0.39 is 6.16 Å². The van der Waals surface area contributed by atoms with Crippen LogP contribution in [-0.2, 0) is 4.74 Å². The van der Waals surface area contributed by atoms with Crippen molar-refractivity contribution < 1.29 is 14.6 Å². The number of carbonyl (C=O) groups is 1. The molecule has 1 unspecified atom stereocenters. The maximum absolute atomic E-state index is 10.1. The summed E-state index contributed by atoms with van der Waals surface area (Å²) in [7, 11) is 0. The Morgan fingerprint density at radius 1 is 1.54 bits per heavy atom. The van der Waals surface area contributed by atoms with Gasteiger partial charge in [0.1, 0.15) is 6.10 Å². The van der Waals surface area contributed by atoms with Crippen molar-refractivity contribution in [3.8, 4) is 0 Å². The molecule has 0 aromatic heterocycles. The Balaban J connectivity index is 3.21. The Bertz CT molecular complexity index is 154. The van der Waals surface area contributed by atoms with E-state index >= 15 is 0 Å². The van der Waals surface area contributed by atoms with Gasteiger partial charge in [0, 0.05) is 0 Å². The van der Waals surface area contributed by atoms with Crippen LogP contribution >= 0.6 is 0 Å². The van der Waals surface area contributed by atoms with E-state index in [9.17, 15) is 4.79 Å². The van der Waals surface area contributed by atoms with E-state index in [-0.39, 0.29) is 6.10 Å². The molecule has 0 saturated heterocycles. The van der Waals surface area contributed by atoms with Crippen LogP contribution in [0.4, 0.5) is 4.79 Å². The SMILES string of the molecule is C=CCCCCCC(C)OC(=O)O. The highest BCUT2D eigenvalue weighted by atomic mass is 16.7. The molecule has 0 fully saturated rings. The minimum atomic E-state index is -1.18. The molecular formula is C10H18O3. The van der Waals surface area contributed by atoms with E-state index in [4.69, 9.17) is 5.11 Å². The van der Waals surface area contributed by atoms with Crippen LogP contribution in [0.15, 0.2) is 12.7 Å². The van der Waals surface area contributed by atoms with Gasteiger partial charge in [-0.1, -0.05) is 12.5 Å². The predicted octanol–water partition coefficient (Wildman–Crippen LogP) is 3.21. The van der Waals surface area contributed by atoms with Gasteiger partial charge in [-0.05, 0) is 32.6 Å². The van der Waals surface area contributed by atoms with Gasteiger partial charge in [-0.25, -0.2) is 4.79 Å². The highest BCUT2D eigenvalue weighted by Gasteiger charge is 2.05. The molecule has 1 N–H and O–H groups in total. The van der Waals surface area contributed by atoms with Gasteiger partial charge in [0.15, 0.2) is 0 Å². The number of ether oxygens (including phenoxy) is 1. The quantitative estimate of drug-likeness (QED) is 0.377. The molecule has 0 spiro atoms. The molecule has 0 aliphatic carbocycles. The standard InChI is InChI=1S/C10H18O3/c1-3-4-5-6-7-8-9(2)13-10(11)12/h3,9H,1,4-8H2,2H3,(H,11,12).